The van der Waals surface area contributed by atoms with Crippen molar-refractivity contribution in [3.05, 3.63) is 89.9 Å². The molecule has 7 nitrogen and oxygen atoms in total. The molecule has 0 bridgehead atoms. The molecule has 0 saturated carbocycles. The number of furan rings is 1. The van der Waals surface area contributed by atoms with E-state index in [4.69, 9.17) is 4.42 Å². The third-order valence-electron chi connectivity index (χ3n) is 3.98. The molecule has 1 atom stereocenters. The number of hydrogen-bond donors (Lipinski definition) is 3. The second kappa shape index (κ2) is 8.79. The van der Waals surface area contributed by atoms with Crippen molar-refractivity contribution in [1.82, 2.24) is 5.43 Å². The van der Waals surface area contributed by atoms with E-state index in [1.54, 1.807) is 73.7 Å². The highest BCUT2D eigenvalue weighted by atomic mass is 16.3. The van der Waals surface area contributed by atoms with Crippen LogP contribution in [0.5, 0.6) is 0 Å². The van der Waals surface area contributed by atoms with E-state index < -0.39 is 12.0 Å². The van der Waals surface area contributed by atoms with Crippen LogP contribution in [0.15, 0.2) is 82.5 Å². The highest BCUT2D eigenvalue weighted by Crippen LogP contribution is 2.14. The minimum atomic E-state index is -1.31. The van der Waals surface area contributed by atoms with Gasteiger partial charge in [-0.1, -0.05) is 42.5 Å². The van der Waals surface area contributed by atoms with Crippen LogP contribution >= 0.6 is 0 Å². The lowest BCUT2D eigenvalue weighted by Crippen LogP contribution is -2.26. The molecule has 1 unspecified atom stereocenters. The van der Waals surface area contributed by atoms with Gasteiger partial charge in [0.05, 0.1) is 12.0 Å². The normalized spacial score (nSPS) is 12.3. The van der Waals surface area contributed by atoms with Gasteiger partial charge in [-0.25, -0.2) is 5.43 Å². The van der Waals surface area contributed by atoms with E-state index >= 15 is 0 Å². The third-order valence-corrected chi connectivity index (χ3v) is 3.98. The van der Waals surface area contributed by atoms with Crippen LogP contribution < -0.4 is 10.7 Å². The maximum Gasteiger partial charge on any atom is 0.291 e. The maximum absolute atomic E-state index is 12.1. The minimum Gasteiger partial charge on any atom is -0.459 e. The molecule has 28 heavy (non-hydrogen) atoms. The van der Waals surface area contributed by atoms with Crippen molar-refractivity contribution >= 4 is 23.2 Å². The number of hydrazone groups is 1. The summed E-state index contributed by atoms with van der Waals surface area (Å²) in [7, 11) is 0. The highest BCUT2D eigenvalue weighted by molar-refractivity contribution is 6.04. The Kier molecular flexibility index (Phi) is 5.98. The van der Waals surface area contributed by atoms with E-state index in [-0.39, 0.29) is 11.7 Å². The lowest BCUT2D eigenvalue weighted by atomic mass is 10.1. The number of amides is 2. The SMILES string of the molecule is CC(=NNC(=O)C(O)c1ccccc1)c1cccc(NC(=O)c2ccco2)c1. The number of carbonyl (C=O) groups is 2. The van der Waals surface area contributed by atoms with Crippen LogP contribution in [0.3, 0.4) is 0 Å². The van der Waals surface area contributed by atoms with Crippen LogP contribution in [0.2, 0.25) is 0 Å². The highest BCUT2D eigenvalue weighted by Gasteiger charge is 2.16. The molecule has 3 aromatic rings. The molecular weight excluding hydrogens is 358 g/mol. The van der Waals surface area contributed by atoms with Gasteiger partial charge in [-0.2, -0.15) is 5.10 Å². The molecule has 142 valence electrons. The molecule has 1 aromatic heterocycles. The molecule has 0 aliphatic carbocycles. The van der Waals surface area contributed by atoms with Gasteiger partial charge in [0.15, 0.2) is 11.9 Å². The van der Waals surface area contributed by atoms with Gasteiger partial charge >= 0.3 is 0 Å². The molecule has 3 rings (SSSR count). The Balaban J connectivity index is 1.66. The maximum atomic E-state index is 12.1. The summed E-state index contributed by atoms with van der Waals surface area (Å²) in [6.07, 6.45) is 0.117. The number of nitrogens with zero attached hydrogens (tertiary/aromatic N) is 1. The summed E-state index contributed by atoms with van der Waals surface area (Å²) in [5, 5.41) is 16.8. The molecular formula is C21H19N3O4. The monoisotopic (exact) mass is 377 g/mol. The average molecular weight is 377 g/mol. The number of carbonyl (C=O) groups excluding carboxylic acids is 2. The summed E-state index contributed by atoms with van der Waals surface area (Å²) in [6.45, 7) is 1.71. The summed E-state index contributed by atoms with van der Waals surface area (Å²) in [5.74, 6) is -0.790. The van der Waals surface area contributed by atoms with Crippen LogP contribution in [0, 0.1) is 0 Å². The molecule has 0 saturated heterocycles. The standard InChI is InChI=1S/C21H19N3O4/c1-14(23-24-21(27)19(25)15-7-3-2-4-8-15)16-9-5-10-17(13-16)22-20(26)18-11-6-12-28-18/h2-13,19,25H,1H3,(H,22,26)(H,24,27). The van der Waals surface area contributed by atoms with E-state index in [1.807, 2.05) is 0 Å². The van der Waals surface area contributed by atoms with Crippen molar-refractivity contribution in [3.8, 4) is 0 Å². The molecule has 0 radical (unpaired) electrons. The lowest BCUT2D eigenvalue weighted by molar-refractivity contribution is -0.129. The quantitative estimate of drug-likeness (QED) is 0.453. The number of aliphatic hydroxyl groups excluding tert-OH is 1. The minimum absolute atomic E-state index is 0.206. The van der Waals surface area contributed by atoms with Gasteiger partial charge in [-0.3, -0.25) is 9.59 Å². The Morgan fingerprint density at radius 3 is 2.54 bits per heavy atom. The number of anilines is 1. The zero-order valence-corrected chi connectivity index (χ0v) is 15.1. The predicted molar refractivity (Wildman–Crippen MR) is 105 cm³/mol. The summed E-state index contributed by atoms with van der Waals surface area (Å²) < 4.78 is 5.06. The zero-order valence-electron chi connectivity index (χ0n) is 15.1. The number of aliphatic hydroxyl groups is 1. The first-order valence-electron chi connectivity index (χ1n) is 8.57. The Labute approximate surface area is 161 Å². The van der Waals surface area contributed by atoms with Gasteiger partial charge < -0.3 is 14.8 Å². The van der Waals surface area contributed by atoms with Crippen molar-refractivity contribution in [2.75, 3.05) is 5.32 Å². The number of benzene rings is 2. The first kappa shape index (κ1) is 19.1. The molecule has 0 spiro atoms. The Morgan fingerprint density at radius 2 is 1.82 bits per heavy atom. The largest absolute Gasteiger partial charge is 0.459 e. The molecule has 2 amide bonds. The second-order valence-electron chi connectivity index (χ2n) is 6.00. The van der Waals surface area contributed by atoms with Crippen LogP contribution in [-0.4, -0.2) is 22.6 Å². The number of rotatable bonds is 6. The van der Waals surface area contributed by atoms with Crippen molar-refractivity contribution in [3.63, 3.8) is 0 Å². The smallest absolute Gasteiger partial charge is 0.291 e. The topological polar surface area (TPSA) is 104 Å². The van der Waals surface area contributed by atoms with Crippen LogP contribution in [0.4, 0.5) is 5.69 Å². The average Bonchev–Trinajstić information content (AvgIpc) is 3.27. The van der Waals surface area contributed by atoms with Gasteiger partial charge in [0.25, 0.3) is 11.8 Å². The van der Waals surface area contributed by atoms with Crippen LogP contribution in [-0.2, 0) is 4.79 Å². The van der Waals surface area contributed by atoms with Crippen molar-refractivity contribution in [2.45, 2.75) is 13.0 Å². The number of nitrogens with one attached hydrogen (secondary N) is 2. The second-order valence-corrected chi connectivity index (χ2v) is 6.00. The Hall–Kier alpha value is -3.71. The number of hydrogen-bond acceptors (Lipinski definition) is 5. The Bertz CT molecular complexity index is 982. The van der Waals surface area contributed by atoms with Crippen LogP contribution in [0.25, 0.3) is 0 Å². The lowest BCUT2D eigenvalue weighted by Gasteiger charge is -2.10. The first-order valence-corrected chi connectivity index (χ1v) is 8.57. The van der Waals surface area contributed by atoms with Crippen molar-refractivity contribution in [1.29, 1.82) is 0 Å². The molecule has 2 aromatic carbocycles. The summed E-state index contributed by atoms with van der Waals surface area (Å²) in [5.41, 5.74) is 4.62. The molecule has 3 N–H and O–H groups in total. The zero-order chi connectivity index (χ0) is 19.9. The fourth-order valence-electron chi connectivity index (χ4n) is 2.47. The summed E-state index contributed by atoms with van der Waals surface area (Å²) in [6, 6.07) is 18.8. The van der Waals surface area contributed by atoms with Gasteiger partial charge in [0.2, 0.25) is 0 Å². The fourth-order valence-corrected chi connectivity index (χ4v) is 2.47. The van der Waals surface area contributed by atoms with E-state index in [9.17, 15) is 14.7 Å². The van der Waals surface area contributed by atoms with Gasteiger partial charge in [-0.05, 0) is 42.3 Å². The van der Waals surface area contributed by atoms with Gasteiger partial charge in [0.1, 0.15) is 0 Å². The molecule has 7 heteroatoms. The molecule has 0 fully saturated rings. The van der Waals surface area contributed by atoms with E-state index in [2.05, 4.69) is 15.8 Å². The fraction of sp³-hybridized carbons (Fsp3) is 0.0952. The summed E-state index contributed by atoms with van der Waals surface area (Å²) >= 11 is 0. The van der Waals surface area contributed by atoms with E-state index in [0.717, 1.165) is 0 Å². The van der Waals surface area contributed by atoms with Crippen molar-refractivity contribution in [2.24, 2.45) is 5.10 Å². The van der Waals surface area contributed by atoms with E-state index in [1.165, 1.54) is 6.26 Å². The first-order chi connectivity index (χ1) is 13.5. The van der Waals surface area contributed by atoms with Crippen LogP contribution in [0.1, 0.15) is 34.7 Å². The van der Waals surface area contributed by atoms with Crippen molar-refractivity contribution < 1.29 is 19.1 Å². The third kappa shape index (κ3) is 4.72. The molecule has 0 aliphatic heterocycles. The van der Waals surface area contributed by atoms with Gasteiger partial charge in [0, 0.05) is 5.69 Å². The Morgan fingerprint density at radius 1 is 1.04 bits per heavy atom. The molecule has 1 heterocycles. The molecule has 0 aliphatic rings. The summed E-state index contributed by atoms with van der Waals surface area (Å²) in [4.78, 5) is 24.1. The van der Waals surface area contributed by atoms with E-state index in [0.29, 0.717) is 22.5 Å². The predicted octanol–water partition coefficient (Wildman–Crippen LogP) is 3.11. The van der Waals surface area contributed by atoms with Gasteiger partial charge in [-0.15, -0.1) is 0 Å².